The molecule has 3 aromatic carbocycles. The van der Waals surface area contributed by atoms with Crippen molar-refractivity contribution in [1.29, 1.82) is 0 Å². The molecule has 0 atom stereocenters. The number of anilines is 1. The Labute approximate surface area is 200 Å². The smallest absolute Gasteiger partial charge is 0.259 e. The first kappa shape index (κ1) is 22.2. The van der Waals surface area contributed by atoms with E-state index in [1.807, 2.05) is 12.1 Å². The summed E-state index contributed by atoms with van der Waals surface area (Å²) in [5.74, 6) is 1.76. The van der Waals surface area contributed by atoms with Crippen molar-refractivity contribution in [3.8, 4) is 28.7 Å². The van der Waals surface area contributed by atoms with Gasteiger partial charge in [-0.05, 0) is 64.5 Å². The first-order chi connectivity index (χ1) is 15.4. The number of carbonyl (C=O) groups excluding carboxylic acids is 1. The lowest BCUT2D eigenvalue weighted by Crippen LogP contribution is -2.13. The number of methoxy groups -OCH3 is 3. The second kappa shape index (κ2) is 9.22. The van der Waals surface area contributed by atoms with Gasteiger partial charge >= 0.3 is 0 Å². The van der Waals surface area contributed by atoms with Gasteiger partial charge in [0.25, 0.3) is 5.91 Å². The van der Waals surface area contributed by atoms with Gasteiger partial charge in [-0.1, -0.05) is 15.9 Å². The minimum atomic E-state index is -0.313. The predicted octanol–water partition coefficient (Wildman–Crippen LogP) is 6.30. The molecule has 0 saturated carbocycles. The number of carbonyl (C=O) groups is 1. The minimum Gasteiger partial charge on any atom is -0.495 e. The Morgan fingerprint density at radius 2 is 1.72 bits per heavy atom. The molecule has 0 saturated heterocycles. The fraction of sp³-hybridized carbons (Fsp3) is 0.130. The molecule has 7 nitrogen and oxygen atoms in total. The molecule has 1 amide bonds. The van der Waals surface area contributed by atoms with E-state index in [1.165, 1.54) is 7.11 Å². The second-order valence-corrected chi connectivity index (χ2v) is 8.46. The highest BCUT2D eigenvalue weighted by Gasteiger charge is 2.18. The van der Waals surface area contributed by atoms with Crippen LogP contribution in [-0.2, 0) is 0 Å². The Kier molecular flexibility index (Phi) is 6.38. The van der Waals surface area contributed by atoms with Crippen LogP contribution in [0.4, 0.5) is 5.69 Å². The summed E-state index contributed by atoms with van der Waals surface area (Å²) < 4.78 is 23.3. The molecule has 9 heteroatoms. The number of aromatic nitrogens is 1. The van der Waals surface area contributed by atoms with E-state index in [1.54, 1.807) is 50.6 Å². The maximum absolute atomic E-state index is 12.9. The van der Waals surface area contributed by atoms with E-state index in [2.05, 4.69) is 42.2 Å². The van der Waals surface area contributed by atoms with Gasteiger partial charge in [-0.15, -0.1) is 0 Å². The van der Waals surface area contributed by atoms with Crippen LogP contribution in [0.3, 0.4) is 0 Å². The van der Waals surface area contributed by atoms with Crippen molar-refractivity contribution < 1.29 is 23.4 Å². The molecule has 4 rings (SSSR count). The van der Waals surface area contributed by atoms with Crippen molar-refractivity contribution in [2.45, 2.75) is 0 Å². The van der Waals surface area contributed by atoms with Gasteiger partial charge in [-0.3, -0.25) is 4.79 Å². The molecule has 0 fully saturated rings. The van der Waals surface area contributed by atoms with E-state index in [9.17, 15) is 4.79 Å². The van der Waals surface area contributed by atoms with Gasteiger partial charge in [0.05, 0.1) is 31.4 Å². The molecule has 0 aliphatic rings. The summed E-state index contributed by atoms with van der Waals surface area (Å²) in [4.78, 5) is 17.5. The van der Waals surface area contributed by atoms with Crippen LogP contribution >= 0.6 is 31.9 Å². The quantitative estimate of drug-likeness (QED) is 0.297. The van der Waals surface area contributed by atoms with Crippen molar-refractivity contribution in [3.63, 3.8) is 0 Å². The average Bonchev–Trinajstić information content (AvgIpc) is 3.21. The molecule has 164 valence electrons. The summed E-state index contributed by atoms with van der Waals surface area (Å²) in [6.45, 7) is 0. The Morgan fingerprint density at radius 1 is 0.938 bits per heavy atom. The zero-order chi connectivity index (χ0) is 22.8. The SMILES string of the molecule is COc1ccc(-c2nc3cc(NC(=O)c4cc(Br)cc(Br)c4OC)ccc3o2)cc1OC. The zero-order valence-corrected chi connectivity index (χ0v) is 20.5. The van der Waals surface area contributed by atoms with Crippen LogP contribution in [0.15, 0.2) is 61.9 Å². The molecular weight excluding hydrogens is 544 g/mol. The van der Waals surface area contributed by atoms with E-state index >= 15 is 0 Å². The van der Waals surface area contributed by atoms with Gasteiger partial charge in [0.2, 0.25) is 5.89 Å². The zero-order valence-electron chi connectivity index (χ0n) is 17.4. The third kappa shape index (κ3) is 4.31. The summed E-state index contributed by atoms with van der Waals surface area (Å²) in [5, 5.41) is 2.88. The summed E-state index contributed by atoms with van der Waals surface area (Å²) in [6, 6.07) is 14.2. The summed E-state index contributed by atoms with van der Waals surface area (Å²) in [6.07, 6.45) is 0. The van der Waals surface area contributed by atoms with Crippen LogP contribution in [0.5, 0.6) is 17.2 Å². The largest absolute Gasteiger partial charge is 0.495 e. The van der Waals surface area contributed by atoms with Crippen molar-refractivity contribution in [2.24, 2.45) is 0 Å². The summed E-state index contributed by atoms with van der Waals surface area (Å²) in [7, 11) is 4.67. The van der Waals surface area contributed by atoms with E-state index in [0.29, 0.717) is 50.0 Å². The lowest BCUT2D eigenvalue weighted by atomic mass is 10.1. The second-order valence-electron chi connectivity index (χ2n) is 6.69. The maximum Gasteiger partial charge on any atom is 0.259 e. The fourth-order valence-electron chi connectivity index (χ4n) is 3.23. The van der Waals surface area contributed by atoms with E-state index in [4.69, 9.17) is 18.6 Å². The van der Waals surface area contributed by atoms with Crippen LogP contribution in [0.2, 0.25) is 0 Å². The molecule has 1 heterocycles. The van der Waals surface area contributed by atoms with Crippen LogP contribution in [0, 0.1) is 0 Å². The number of ether oxygens (including phenoxy) is 3. The van der Waals surface area contributed by atoms with Crippen LogP contribution < -0.4 is 19.5 Å². The molecule has 1 N–H and O–H groups in total. The average molecular weight is 562 g/mol. The van der Waals surface area contributed by atoms with Crippen LogP contribution in [0.25, 0.3) is 22.6 Å². The summed E-state index contributed by atoms with van der Waals surface area (Å²) in [5.41, 5.74) is 2.91. The Hall–Kier alpha value is -3.04. The van der Waals surface area contributed by atoms with E-state index in [-0.39, 0.29) is 5.91 Å². The maximum atomic E-state index is 12.9. The van der Waals surface area contributed by atoms with Crippen molar-refractivity contribution in [1.82, 2.24) is 4.98 Å². The normalized spacial score (nSPS) is 10.8. The van der Waals surface area contributed by atoms with E-state index < -0.39 is 0 Å². The molecular formula is C23H18Br2N2O5. The number of amides is 1. The van der Waals surface area contributed by atoms with Gasteiger partial charge in [0, 0.05) is 15.7 Å². The molecule has 32 heavy (non-hydrogen) atoms. The number of hydrogen-bond acceptors (Lipinski definition) is 6. The number of hydrogen-bond donors (Lipinski definition) is 1. The number of oxazole rings is 1. The van der Waals surface area contributed by atoms with Crippen molar-refractivity contribution in [3.05, 3.63) is 63.0 Å². The monoisotopic (exact) mass is 560 g/mol. The number of halogens is 2. The van der Waals surface area contributed by atoms with Gasteiger partial charge in [-0.25, -0.2) is 4.98 Å². The third-order valence-electron chi connectivity index (χ3n) is 4.73. The van der Waals surface area contributed by atoms with Gasteiger partial charge < -0.3 is 23.9 Å². The first-order valence-electron chi connectivity index (χ1n) is 9.41. The first-order valence-corrected chi connectivity index (χ1v) is 11.0. The Balaban J connectivity index is 1.64. The molecule has 1 aromatic heterocycles. The van der Waals surface area contributed by atoms with Gasteiger partial charge in [-0.2, -0.15) is 0 Å². The Morgan fingerprint density at radius 3 is 2.44 bits per heavy atom. The predicted molar refractivity (Wildman–Crippen MR) is 129 cm³/mol. The van der Waals surface area contributed by atoms with Crippen LogP contribution in [-0.4, -0.2) is 32.2 Å². The number of rotatable bonds is 6. The van der Waals surface area contributed by atoms with Gasteiger partial charge in [0.1, 0.15) is 11.3 Å². The highest BCUT2D eigenvalue weighted by atomic mass is 79.9. The number of fused-ring (bicyclic) bond motifs is 1. The molecule has 0 radical (unpaired) electrons. The van der Waals surface area contributed by atoms with Crippen molar-refractivity contribution >= 4 is 54.6 Å². The molecule has 0 unspecified atom stereocenters. The van der Waals surface area contributed by atoms with E-state index in [0.717, 1.165) is 10.0 Å². The molecule has 0 spiro atoms. The Bertz CT molecular complexity index is 1320. The van der Waals surface area contributed by atoms with Gasteiger partial charge in [0.15, 0.2) is 17.1 Å². The number of nitrogens with one attached hydrogen (secondary N) is 1. The highest BCUT2D eigenvalue weighted by molar-refractivity contribution is 9.11. The molecule has 0 bridgehead atoms. The molecule has 0 aliphatic heterocycles. The number of nitrogens with zero attached hydrogens (tertiary/aromatic N) is 1. The van der Waals surface area contributed by atoms with Crippen LogP contribution in [0.1, 0.15) is 10.4 Å². The highest BCUT2D eigenvalue weighted by Crippen LogP contribution is 2.35. The lowest BCUT2D eigenvalue weighted by Gasteiger charge is -2.11. The standard InChI is InChI=1S/C23H18Br2N2O5/c1-29-19-6-4-12(8-20(19)30-2)23-27-17-11-14(5-7-18(17)32-23)26-22(28)15-9-13(24)10-16(25)21(15)31-3/h4-11H,1-3H3,(H,26,28). The topological polar surface area (TPSA) is 82.8 Å². The minimum absolute atomic E-state index is 0.313. The summed E-state index contributed by atoms with van der Waals surface area (Å²) >= 11 is 6.82. The lowest BCUT2D eigenvalue weighted by molar-refractivity contribution is 0.102. The third-order valence-corrected chi connectivity index (χ3v) is 5.78. The number of benzene rings is 3. The fourth-order valence-corrected chi connectivity index (χ4v) is 4.62. The molecule has 4 aromatic rings. The van der Waals surface area contributed by atoms with Crippen molar-refractivity contribution in [2.75, 3.05) is 26.6 Å². The molecule has 0 aliphatic carbocycles.